The lowest BCUT2D eigenvalue weighted by atomic mass is 10.1. The van der Waals surface area contributed by atoms with Crippen molar-refractivity contribution in [1.82, 2.24) is 5.32 Å². The van der Waals surface area contributed by atoms with Gasteiger partial charge < -0.3 is 5.32 Å². The Hall–Kier alpha value is -0.610. The minimum atomic E-state index is 0.138. The number of carbonyl (C=O) groups excluding carboxylic acids is 1. The number of hydrogen-bond acceptors (Lipinski definition) is 3. The lowest BCUT2D eigenvalue weighted by molar-refractivity contribution is -0.118. The van der Waals surface area contributed by atoms with Gasteiger partial charge in [0, 0.05) is 22.8 Å². The number of benzene rings is 1. The van der Waals surface area contributed by atoms with Crippen LogP contribution >= 0.6 is 23.5 Å². The SMILES string of the molecule is Cc1cc(C)cc(CSCC(=O)NCCSC(C)(C)C)c1. The van der Waals surface area contributed by atoms with Gasteiger partial charge in [-0.25, -0.2) is 0 Å². The minimum absolute atomic E-state index is 0.138. The molecule has 0 spiro atoms. The maximum Gasteiger partial charge on any atom is 0.230 e. The highest BCUT2D eigenvalue weighted by atomic mass is 32.2. The Bertz CT molecular complexity index is 446. The van der Waals surface area contributed by atoms with E-state index in [1.54, 1.807) is 11.8 Å². The lowest BCUT2D eigenvalue weighted by Gasteiger charge is -2.17. The molecule has 1 aromatic rings. The summed E-state index contributed by atoms with van der Waals surface area (Å²) in [6.07, 6.45) is 0. The molecule has 1 N–H and O–H groups in total. The van der Waals surface area contributed by atoms with Crippen molar-refractivity contribution in [3.8, 4) is 0 Å². The Morgan fingerprint density at radius 1 is 1.14 bits per heavy atom. The summed E-state index contributed by atoms with van der Waals surface area (Å²) in [5, 5.41) is 2.98. The molecule has 1 aromatic carbocycles. The van der Waals surface area contributed by atoms with Gasteiger partial charge in [-0.1, -0.05) is 50.1 Å². The number of rotatable bonds is 7. The second-order valence-electron chi connectivity index (χ2n) is 6.30. The summed E-state index contributed by atoms with van der Waals surface area (Å²) in [5.74, 6) is 2.54. The van der Waals surface area contributed by atoms with Crippen molar-refractivity contribution in [3.05, 3.63) is 34.9 Å². The topological polar surface area (TPSA) is 29.1 Å². The number of amides is 1. The Balaban J connectivity index is 2.18. The van der Waals surface area contributed by atoms with Crippen LogP contribution in [-0.2, 0) is 10.5 Å². The molecule has 0 bridgehead atoms. The molecule has 4 heteroatoms. The van der Waals surface area contributed by atoms with Crippen LogP contribution in [0.5, 0.6) is 0 Å². The van der Waals surface area contributed by atoms with Crippen LogP contribution in [0.15, 0.2) is 18.2 Å². The van der Waals surface area contributed by atoms with Crippen LogP contribution in [0.3, 0.4) is 0 Å². The molecule has 0 aromatic heterocycles. The van der Waals surface area contributed by atoms with Crippen LogP contribution in [0.1, 0.15) is 37.5 Å². The smallest absolute Gasteiger partial charge is 0.230 e. The summed E-state index contributed by atoms with van der Waals surface area (Å²) in [4.78, 5) is 11.8. The molecule has 118 valence electrons. The third kappa shape index (κ3) is 9.10. The van der Waals surface area contributed by atoms with E-state index in [1.165, 1.54) is 16.7 Å². The van der Waals surface area contributed by atoms with Gasteiger partial charge in [-0.3, -0.25) is 4.79 Å². The van der Waals surface area contributed by atoms with Crippen LogP contribution in [0.2, 0.25) is 0 Å². The van der Waals surface area contributed by atoms with Crippen molar-refractivity contribution in [2.45, 2.75) is 45.1 Å². The van der Waals surface area contributed by atoms with Gasteiger partial charge in [0.1, 0.15) is 0 Å². The monoisotopic (exact) mass is 325 g/mol. The highest BCUT2D eigenvalue weighted by molar-refractivity contribution is 8.00. The molecule has 0 aliphatic carbocycles. The van der Waals surface area contributed by atoms with Gasteiger partial charge in [-0.2, -0.15) is 11.8 Å². The van der Waals surface area contributed by atoms with Crippen LogP contribution in [-0.4, -0.2) is 28.7 Å². The van der Waals surface area contributed by atoms with E-state index in [9.17, 15) is 4.79 Å². The number of carbonyl (C=O) groups is 1. The maximum absolute atomic E-state index is 11.8. The predicted molar refractivity (Wildman–Crippen MR) is 97.3 cm³/mol. The largest absolute Gasteiger partial charge is 0.355 e. The molecule has 1 rings (SSSR count). The van der Waals surface area contributed by atoms with Crippen molar-refractivity contribution in [3.63, 3.8) is 0 Å². The number of aryl methyl sites for hydroxylation is 2. The fourth-order valence-electron chi connectivity index (χ4n) is 2.01. The van der Waals surface area contributed by atoms with Crippen LogP contribution in [0.4, 0.5) is 0 Å². The number of nitrogens with one attached hydrogen (secondary N) is 1. The van der Waals surface area contributed by atoms with E-state index in [4.69, 9.17) is 0 Å². The van der Waals surface area contributed by atoms with Crippen LogP contribution in [0, 0.1) is 13.8 Å². The molecule has 0 radical (unpaired) electrons. The summed E-state index contributed by atoms with van der Waals surface area (Å²) in [5.41, 5.74) is 3.87. The number of thioether (sulfide) groups is 2. The van der Waals surface area contributed by atoms with Crippen molar-refractivity contribution in [2.24, 2.45) is 0 Å². The Labute approximate surface area is 137 Å². The second kappa shape index (κ2) is 8.74. The Morgan fingerprint density at radius 2 is 1.76 bits per heavy atom. The maximum atomic E-state index is 11.8. The predicted octanol–water partition coefficient (Wildman–Crippen LogP) is 4.18. The van der Waals surface area contributed by atoms with Gasteiger partial charge >= 0.3 is 0 Å². The summed E-state index contributed by atoms with van der Waals surface area (Å²) >= 11 is 3.55. The molecule has 0 saturated carbocycles. The molecule has 0 unspecified atom stereocenters. The van der Waals surface area contributed by atoms with Crippen molar-refractivity contribution >= 4 is 29.4 Å². The third-order valence-electron chi connectivity index (χ3n) is 2.74. The van der Waals surface area contributed by atoms with E-state index in [0.717, 1.165) is 18.1 Å². The molecular weight excluding hydrogens is 298 g/mol. The zero-order valence-corrected chi connectivity index (χ0v) is 15.4. The first-order valence-corrected chi connectivity index (χ1v) is 9.46. The first-order chi connectivity index (χ1) is 9.76. The highest BCUT2D eigenvalue weighted by Crippen LogP contribution is 2.22. The third-order valence-corrected chi connectivity index (χ3v) is 5.02. The first-order valence-electron chi connectivity index (χ1n) is 7.32. The van der Waals surface area contributed by atoms with Gasteiger partial charge in [0.2, 0.25) is 5.91 Å². The van der Waals surface area contributed by atoms with Crippen molar-refractivity contribution in [2.75, 3.05) is 18.1 Å². The molecule has 0 atom stereocenters. The quantitative estimate of drug-likeness (QED) is 0.762. The minimum Gasteiger partial charge on any atom is -0.355 e. The zero-order chi connectivity index (χ0) is 15.9. The molecular formula is C17H27NOS2. The van der Waals surface area contributed by atoms with E-state index in [-0.39, 0.29) is 10.7 Å². The average molecular weight is 326 g/mol. The van der Waals surface area contributed by atoms with Gasteiger partial charge in [0.15, 0.2) is 0 Å². The molecule has 2 nitrogen and oxygen atoms in total. The number of hydrogen-bond donors (Lipinski definition) is 1. The van der Waals surface area contributed by atoms with Crippen molar-refractivity contribution in [1.29, 1.82) is 0 Å². The molecule has 0 saturated heterocycles. The normalized spacial score (nSPS) is 11.5. The fourth-order valence-corrected chi connectivity index (χ4v) is 3.62. The summed E-state index contributed by atoms with van der Waals surface area (Å²) in [7, 11) is 0. The molecule has 0 aliphatic heterocycles. The van der Waals surface area contributed by atoms with Gasteiger partial charge in [0.25, 0.3) is 0 Å². The van der Waals surface area contributed by atoms with E-state index in [1.807, 2.05) is 11.8 Å². The summed E-state index contributed by atoms with van der Waals surface area (Å²) in [6, 6.07) is 6.56. The molecule has 0 aliphatic rings. The van der Waals surface area contributed by atoms with Crippen LogP contribution in [0.25, 0.3) is 0 Å². The second-order valence-corrected chi connectivity index (χ2v) is 9.21. The van der Waals surface area contributed by atoms with Crippen molar-refractivity contribution < 1.29 is 4.79 Å². The Morgan fingerprint density at radius 3 is 2.33 bits per heavy atom. The first kappa shape index (κ1) is 18.4. The van der Waals surface area contributed by atoms with E-state index < -0.39 is 0 Å². The lowest BCUT2D eigenvalue weighted by Crippen LogP contribution is -2.28. The van der Waals surface area contributed by atoms with Gasteiger partial charge in [-0.15, -0.1) is 11.8 Å². The van der Waals surface area contributed by atoms with Crippen LogP contribution < -0.4 is 5.32 Å². The Kier molecular flexibility index (Phi) is 7.67. The molecule has 21 heavy (non-hydrogen) atoms. The van der Waals surface area contributed by atoms with E-state index in [0.29, 0.717) is 5.75 Å². The fraction of sp³-hybridized carbons (Fsp3) is 0.588. The van der Waals surface area contributed by atoms with Gasteiger partial charge in [-0.05, 0) is 19.4 Å². The molecule has 1 amide bonds. The highest BCUT2D eigenvalue weighted by Gasteiger charge is 2.10. The standard InChI is InChI=1S/C17H27NOS2/c1-13-8-14(2)10-15(9-13)11-20-12-16(19)18-6-7-21-17(3,4)5/h8-10H,6-7,11-12H2,1-5H3,(H,18,19). The van der Waals surface area contributed by atoms with E-state index >= 15 is 0 Å². The summed E-state index contributed by atoms with van der Waals surface area (Å²) in [6.45, 7) is 11.6. The average Bonchev–Trinajstić information content (AvgIpc) is 2.32. The summed E-state index contributed by atoms with van der Waals surface area (Å²) < 4.78 is 0.266. The van der Waals surface area contributed by atoms with Gasteiger partial charge in [0.05, 0.1) is 5.75 Å². The zero-order valence-electron chi connectivity index (χ0n) is 13.8. The van der Waals surface area contributed by atoms with E-state index in [2.05, 4.69) is 58.1 Å². The molecule has 0 fully saturated rings. The molecule has 0 heterocycles.